The molecular weight excluding hydrogens is 1430 g/mol. The van der Waals surface area contributed by atoms with Gasteiger partial charge in [-0.1, -0.05) is 218 Å². The molecule has 3 aliphatic rings. The van der Waals surface area contributed by atoms with Crippen molar-refractivity contribution < 1.29 is 39.4 Å². The van der Waals surface area contributed by atoms with Gasteiger partial charge in [-0.05, 0) is 255 Å². The number of hydrogen-bond acceptors (Lipinski definition) is 6. The van der Waals surface area contributed by atoms with E-state index in [1.807, 2.05) is 121 Å². The second-order valence-electron chi connectivity index (χ2n) is 27.5. The molecule has 18 aromatic rings. The second-order valence-corrected chi connectivity index (χ2v) is 27.5. The number of hydrogen-bond donors (Lipinski definition) is 0. The molecule has 0 radical (unpaired) electrons. The van der Waals surface area contributed by atoms with E-state index in [1.54, 1.807) is 0 Å². The fourth-order valence-corrected chi connectivity index (χ4v) is 15.8. The van der Waals surface area contributed by atoms with Gasteiger partial charge in [-0.15, -0.1) is 22.1 Å². The van der Waals surface area contributed by atoms with Gasteiger partial charge in [0.1, 0.15) is 46.0 Å². The summed E-state index contributed by atoms with van der Waals surface area (Å²) in [5, 5.41) is 12.3. The minimum Gasteiger partial charge on any atom is -0.656 e. The number of nitrogens with zero attached hydrogens (tertiary/aromatic N) is 4. The molecule has 0 spiro atoms. The van der Waals surface area contributed by atoms with Crippen LogP contribution in [0.3, 0.4) is 0 Å². The van der Waals surface area contributed by atoms with Crippen LogP contribution in [0, 0.1) is 0 Å². The third-order valence-corrected chi connectivity index (χ3v) is 20.9. The Bertz CT molecular complexity index is 6160. The number of aromatic nitrogens is 4. The summed E-state index contributed by atoms with van der Waals surface area (Å²) < 4.78 is 26.4. The Morgan fingerprint density at radius 2 is 0.358 bits per heavy atom. The van der Waals surface area contributed by atoms with E-state index in [0.29, 0.717) is 23.0 Å². The maximum Gasteiger partial charge on any atom is 2.00 e. The van der Waals surface area contributed by atoms with Crippen molar-refractivity contribution >= 4 is 86.7 Å². The average molecular weight is 1490 g/mol. The summed E-state index contributed by atoms with van der Waals surface area (Å²) in [5.41, 5.74) is 16.6. The summed E-state index contributed by atoms with van der Waals surface area (Å²) >= 11 is 0. The summed E-state index contributed by atoms with van der Waals surface area (Å²) in [6.07, 6.45) is 0. The van der Waals surface area contributed by atoms with E-state index in [9.17, 15) is 0 Å². The van der Waals surface area contributed by atoms with Gasteiger partial charge in [-0.2, -0.15) is 0 Å². The molecular formula is C100H60N4O4Pd. The molecule has 4 heterocycles. The van der Waals surface area contributed by atoms with Crippen LogP contribution in [0.5, 0.6) is 46.0 Å². The standard InChI is InChI=1S/C100H60N4O4.Pd/c1-5-29-73(30-6-1)105-77-45-37-61(38-46-77)89-93-81-53-65-21-13-15-23-67(65)55-83(81)95(101-93)90(62-39-47-78(48-40-62)106-74-31-7-2-8-32-74)97-85-57-69-25-17-19-27-71(69)59-87(85)99(103-97)92(64-43-51-80(52-44-64)108-76-35-11-4-12-36-76)100-88-60-72-28-20-18-26-70(72)58-86(88)98(104-100)91(63-41-49-79(50-42-63)107-75-33-9-3-10-34-75)96-84-56-68-24-16-14-22-66(68)54-82(84)94(89)102-96;/h1-60H;/q-2;+2. The van der Waals surface area contributed by atoms with Crippen molar-refractivity contribution in [1.82, 2.24) is 19.9 Å². The first kappa shape index (κ1) is 64.6. The van der Waals surface area contributed by atoms with E-state index >= 15 is 0 Å². The van der Waals surface area contributed by atoms with Crippen LogP contribution in [0.25, 0.3) is 176 Å². The SMILES string of the molecule is [Pd+2].c1ccc(Oc2ccc(-c3c4nc(c(-c5ccc(Oc6ccccc6)cc5)c5[n-]c(c(-c6ccc(Oc7ccccc7)cc6)c6nc(c(-c7ccc(Oc8ccccc8)cc7)c7[n-]c3c3cc8ccccc8cc73)-c3cc7ccccc7cc3-6)c3cc6ccccc6cc53)-c3cc5ccccc5cc3-4)cc2)cc1. The van der Waals surface area contributed by atoms with Gasteiger partial charge in [0, 0.05) is 22.3 Å². The minimum absolute atomic E-state index is 0. The predicted molar refractivity (Wildman–Crippen MR) is 441 cm³/mol. The molecule has 0 N–H and O–H groups in total. The van der Waals surface area contributed by atoms with Crippen molar-refractivity contribution in [3.8, 4) is 136 Å². The van der Waals surface area contributed by atoms with E-state index in [2.05, 4.69) is 243 Å². The Labute approximate surface area is 641 Å². The van der Waals surface area contributed by atoms with E-state index in [0.717, 1.165) is 199 Å². The van der Waals surface area contributed by atoms with Crippen molar-refractivity contribution in [2.75, 3.05) is 0 Å². The van der Waals surface area contributed by atoms with Gasteiger partial charge in [0.05, 0.1) is 22.8 Å². The van der Waals surface area contributed by atoms with Crippen molar-refractivity contribution in [1.29, 1.82) is 0 Å². The van der Waals surface area contributed by atoms with E-state index < -0.39 is 0 Å². The van der Waals surface area contributed by atoms with Crippen LogP contribution < -0.4 is 28.9 Å². The van der Waals surface area contributed by atoms with Crippen LogP contribution in [0.1, 0.15) is 0 Å². The van der Waals surface area contributed by atoms with Crippen molar-refractivity contribution in [2.24, 2.45) is 0 Å². The van der Waals surface area contributed by atoms with Crippen LogP contribution in [-0.4, -0.2) is 9.97 Å². The molecule has 9 heteroatoms. The van der Waals surface area contributed by atoms with Gasteiger partial charge in [-0.25, -0.2) is 9.97 Å². The van der Waals surface area contributed by atoms with Gasteiger partial charge >= 0.3 is 20.4 Å². The zero-order valence-electron chi connectivity index (χ0n) is 58.4. The number of fused-ring (bicyclic) bond motifs is 4. The Morgan fingerprint density at radius 1 is 0.183 bits per heavy atom. The van der Waals surface area contributed by atoms with Gasteiger partial charge in [0.2, 0.25) is 0 Å². The summed E-state index contributed by atoms with van der Waals surface area (Å²) in [6.45, 7) is 0. The molecule has 16 aromatic carbocycles. The van der Waals surface area contributed by atoms with Crippen LogP contribution in [0.15, 0.2) is 364 Å². The fourth-order valence-electron chi connectivity index (χ4n) is 15.8. The van der Waals surface area contributed by atoms with Gasteiger partial charge in [0.15, 0.2) is 0 Å². The first-order valence-corrected chi connectivity index (χ1v) is 36.3. The van der Waals surface area contributed by atoms with Crippen molar-refractivity contribution in [2.45, 2.75) is 0 Å². The Morgan fingerprint density at radius 3 is 0.560 bits per heavy atom. The largest absolute Gasteiger partial charge is 2.00 e. The van der Waals surface area contributed by atoms with Crippen LogP contribution in [0.2, 0.25) is 0 Å². The van der Waals surface area contributed by atoms with Gasteiger partial charge in [-0.3, -0.25) is 0 Å². The summed E-state index contributed by atoms with van der Waals surface area (Å²) in [7, 11) is 0. The molecule has 0 saturated heterocycles. The van der Waals surface area contributed by atoms with E-state index in [-0.39, 0.29) is 20.4 Å². The molecule has 0 amide bonds. The third kappa shape index (κ3) is 11.6. The number of ether oxygens (including phenoxy) is 4. The molecule has 2 aromatic heterocycles. The summed E-state index contributed by atoms with van der Waals surface area (Å²) in [4.78, 5) is 25.2. The monoisotopic (exact) mass is 1490 g/mol. The zero-order chi connectivity index (χ0) is 71.2. The average Bonchev–Trinajstić information content (AvgIpc) is 1.56. The van der Waals surface area contributed by atoms with E-state index in [1.165, 1.54) is 0 Å². The second kappa shape index (κ2) is 26.9. The first-order chi connectivity index (χ1) is 53.5. The molecule has 0 atom stereocenters. The molecule has 21 rings (SSSR count). The molecule has 0 saturated carbocycles. The maximum absolute atomic E-state index is 6.61. The first-order valence-electron chi connectivity index (χ1n) is 36.3. The molecule has 514 valence electrons. The van der Waals surface area contributed by atoms with Crippen LogP contribution in [0.4, 0.5) is 0 Å². The third-order valence-electron chi connectivity index (χ3n) is 20.9. The summed E-state index contributed by atoms with van der Waals surface area (Å²) in [6, 6.07) is 126. The van der Waals surface area contributed by atoms with Crippen LogP contribution in [-0.2, 0) is 20.4 Å². The number of benzene rings is 16. The Hall–Kier alpha value is -13.9. The van der Waals surface area contributed by atoms with Crippen LogP contribution >= 0.6 is 0 Å². The minimum atomic E-state index is 0. The molecule has 1 aliphatic carbocycles. The number of rotatable bonds is 12. The van der Waals surface area contributed by atoms with Gasteiger partial charge < -0.3 is 28.9 Å². The fraction of sp³-hybridized carbons (Fsp3) is 0. The van der Waals surface area contributed by atoms with E-state index in [4.69, 9.17) is 38.9 Å². The molecule has 8 bridgehead atoms. The smallest absolute Gasteiger partial charge is 0.656 e. The Kier molecular flexibility index (Phi) is 15.9. The van der Waals surface area contributed by atoms with Crippen molar-refractivity contribution in [3.63, 3.8) is 0 Å². The quantitative estimate of drug-likeness (QED) is 0.112. The number of para-hydroxylation sites is 4. The maximum atomic E-state index is 6.61. The zero-order valence-corrected chi connectivity index (χ0v) is 59.9. The molecule has 8 nitrogen and oxygen atoms in total. The molecule has 0 fully saturated rings. The molecule has 2 aliphatic heterocycles. The topological polar surface area (TPSA) is 90.9 Å². The predicted octanol–water partition coefficient (Wildman–Crippen LogP) is 27.0. The summed E-state index contributed by atoms with van der Waals surface area (Å²) in [5.74, 6) is 5.69. The normalized spacial score (nSPS) is 11.6. The molecule has 109 heavy (non-hydrogen) atoms. The van der Waals surface area contributed by atoms with Crippen molar-refractivity contribution in [3.05, 3.63) is 364 Å². The Balaban J connectivity index is 0.00000780. The van der Waals surface area contributed by atoms with Gasteiger partial charge in [0.25, 0.3) is 0 Å². The molecule has 0 unspecified atom stereocenters.